The summed E-state index contributed by atoms with van der Waals surface area (Å²) in [5, 5.41) is 17.4. The van der Waals surface area contributed by atoms with Crippen molar-refractivity contribution in [2.24, 2.45) is 0 Å². The van der Waals surface area contributed by atoms with Crippen molar-refractivity contribution in [1.82, 2.24) is 0 Å². The Bertz CT molecular complexity index is 4010. The van der Waals surface area contributed by atoms with Crippen LogP contribution < -0.4 is 20.5 Å². The van der Waals surface area contributed by atoms with E-state index in [4.69, 9.17) is 0 Å². The van der Waals surface area contributed by atoms with Gasteiger partial charge in [-0.2, -0.15) is 0 Å². The monoisotopic (exact) mass is 862 g/mol. The van der Waals surface area contributed by atoms with E-state index in [1.54, 1.807) is 0 Å². The van der Waals surface area contributed by atoms with Gasteiger partial charge >= 0.3 is 0 Å². The zero-order valence-electron chi connectivity index (χ0n) is 34.5. The Morgan fingerprint density at radius 2 is 0.953 bits per heavy atom. The van der Waals surface area contributed by atoms with Crippen LogP contribution in [0.5, 0.6) is 0 Å². The lowest BCUT2D eigenvalue weighted by molar-refractivity contribution is 1.31. The summed E-state index contributed by atoms with van der Waals surface area (Å²) in [4.78, 5) is 2.51. The van der Waals surface area contributed by atoms with Crippen LogP contribution in [-0.4, -0.2) is 8.80 Å². The summed E-state index contributed by atoms with van der Waals surface area (Å²) in [6.45, 7) is 0. The number of thiophene rings is 2. The Morgan fingerprint density at radius 1 is 0.344 bits per heavy atom. The molecule has 297 valence electrons. The van der Waals surface area contributed by atoms with Gasteiger partial charge in [0, 0.05) is 47.0 Å². The summed E-state index contributed by atoms with van der Waals surface area (Å²) in [5.74, 6) is 0. The van der Waals surface area contributed by atoms with Crippen molar-refractivity contribution in [2.75, 3.05) is 4.90 Å². The smallest absolute Gasteiger partial charge is 0.156 e. The lowest BCUT2D eigenvalue weighted by Crippen LogP contribution is -2.48. The van der Waals surface area contributed by atoms with Crippen molar-refractivity contribution in [1.29, 1.82) is 0 Å². The van der Waals surface area contributed by atoms with E-state index in [9.17, 15) is 0 Å². The summed E-state index contributed by atoms with van der Waals surface area (Å²) >= 11 is 3.79. The second kappa shape index (κ2) is 14.1. The SMILES string of the molecule is c1ccc([Si]2c3cc(-c4cccc(N(c5ccc6c7ccccc7c7ccccc7c6c5)c5cccc6c5sc5ccccc56)c4)ccc3-c3c2ccc2sc4ccccc4c32)cc1. The van der Waals surface area contributed by atoms with Crippen molar-refractivity contribution in [2.45, 2.75) is 0 Å². The van der Waals surface area contributed by atoms with Crippen molar-refractivity contribution in [3.63, 3.8) is 0 Å². The molecule has 3 heterocycles. The Kier molecular flexibility index (Phi) is 7.96. The molecule has 0 amide bonds. The lowest BCUT2D eigenvalue weighted by atomic mass is 9.94. The van der Waals surface area contributed by atoms with Crippen LogP contribution in [0.4, 0.5) is 17.1 Å². The third-order valence-electron chi connectivity index (χ3n) is 13.5. The molecule has 4 heteroatoms. The topological polar surface area (TPSA) is 3.24 Å². The Labute approximate surface area is 380 Å². The van der Waals surface area contributed by atoms with Crippen LogP contribution in [0.1, 0.15) is 0 Å². The van der Waals surface area contributed by atoms with Gasteiger partial charge < -0.3 is 4.90 Å². The Balaban J connectivity index is 0.983. The first-order valence-electron chi connectivity index (χ1n) is 21.9. The standard InChI is InChI=1S/C60H36NS2Si/c1-2-16-41(17-3-1)64-56-33-32-55-58(49-23-9-11-27-54(49)62-55)59(56)50-30-28-38(35-57(50)64)37-14-12-15-39(34-37)61(52-25-13-24-48-47-22-8-10-26-53(47)63-60(48)52)40-29-31-46-44-20-5-4-18-42(44)43-19-6-7-21-45(43)51(46)36-40/h1-36H. The molecule has 2 aromatic heterocycles. The highest BCUT2D eigenvalue weighted by Gasteiger charge is 2.34. The van der Waals surface area contributed by atoms with E-state index in [0.29, 0.717) is 0 Å². The maximum atomic E-state index is 2.53. The molecular formula is C60H36NS2Si. The van der Waals surface area contributed by atoms with Crippen LogP contribution in [0.25, 0.3) is 94.9 Å². The van der Waals surface area contributed by atoms with E-state index < -0.39 is 8.80 Å². The van der Waals surface area contributed by atoms with Crippen molar-refractivity contribution in [3.05, 3.63) is 218 Å². The first-order valence-corrected chi connectivity index (χ1v) is 25.0. The minimum Gasteiger partial charge on any atom is -0.309 e. The maximum absolute atomic E-state index is 2.53. The highest BCUT2D eigenvalue weighted by Crippen LogP contribution is 2.47. The molecule has 1 radical (unpaired) electrons. The van der Waals surface area contributed by atoms with E-state index in [1.165, 1.54) is 116 Å². The van der Waals surface area contributed by atoms with Gasteiger partial charge in [0.15, 0.2) is 8.80 Å². The number of rotatable bonds is 5. The van der Waals surface area contributed by atoms with Crippen LogP contribution in [0, 0.1) is 0 Å². The second-order valence-corrected chi connectivity index (χ2v) is 21.5. The van der Waals surface area contributed by atoms with E-state index in [2.05, 4.69) is 223 Å². The molecule has 64 heavy (non-hydrogen) atoms. The number of anilines is 3. The van der Waals surface area contributed by atoms with Gasteiger partial charge in [-0.1, -0.05) is 175 Å². The molecule has 1 aliphatic heterocycles. The van der Waals surface area contributed by atoms with E-state index in [0.717, 1.165) is 11.4 Å². The van der Waals surface area contributed by atoms with Crippen LogP contribution in [0.3, 0.4) is 0 Å². The molecule has 0 atom stereocenters. The number of benzene rings is 11. The number of hydrogen-bond donors (Lipinski definition) is 0. The van der Waals surface area contributed by atoms with Gasteiger partial charge in [-0.05, 0) is 113 Å². The molecular weight excluding hydrogens is 827 g/mol. The normalized spacial score (nSPS) is 12.6. The molecule has 0 fully saturated rings. The van der Waals surface area contributed by atoms with Crippen LogP contribution in [0.15, 0.2) is 218 Å². The number of hydrogen-bond acceptors (Lipinski definition) is 3. The van der Waals surface area contributed by atoms with E-state index >= 15 is 0 Å². The third-order valence-corrected chi connectivity index (χ3v) is 18.6. The van der Waals surface area contributed by atoms with Gasteiger partial charge in [0.25, 0.3) is 0 Å². The quantitative estimate of drug-likeness (QED) is 0.123. The van der Waals surface area contributed by atoms with Gasteiger partial charge in [-0.15, -0.1) is 22.7 Å². The lowest BCUT2D eigenvalue weighted by Gasteiger charge is -2.27. The maximum Gasteiger partial charge on any atom is 0.156 e. The van der Waals surface area contributed by atoms with Crippen LogP contribution in [0.2, 0.25) is 0 Å². The Hall–Kier alpha value is -7.34. The first-order chi connectivity index (χ1) is 31.7. The molecule has 0 spiro atoms. The van der Waals surface area contributed by atoms with Crippen LogP contribution in [-0.2, 0) is 0 Å². The molecule has 0 unspecified atom stereocenters. The minimum atomic E-state index is -1.28. The zero-order chi connectivity index (χ0) is 41.9. The predicted octanol–water partition coefficient (Wildman–Crippen LogP) is 15.5. The molecule has 14 rings (SSSR count). The first kappa shape index (κ1) is 36.2. The molecule has 1 nitrogen and oxygen atoms in total. The molecule has 1 aliphatic rings. The van der Waals surface area contributed by atoms with Gasteiger partial charge in [-0.25, -0.2) is 0 Å². The van der Waals surface area contributed by atoms with Gasteiger partial charge in [0.05, 0.1) is 10.4 Å². The number of fused-ring (bicyclic) bond motifs is 16. The largest absolute Gasteiger partial charge is 0.309 e. The highest BCUT2D eigenvalue weighted by molar-refractivity contribution is 7.26. The molecule has 0 saturated carbocycles. The minimum absolute atomic E-state index is 1.13. The molecule has 0 N–H and O–H groups in total. The summed E-state index contributed by atoms with van der Waals surface area (Å²) in [6, 6.07) is 82.1. The van der Waals surface area contributed by atoms with Gasteiger partial charge in [-0.3, -0.25) is 0 Å². The molecule has 0 saturated heterocycles. The fourth-order valence-corrected chi connectivity index (χ4v) is 16.0. The second-order valence-electron chi connectivity index (χ2n) is 16.9. The summed E-state index contributed by atoms with van der Waals surface area (Å²) in [5.41, 5.74) is 8.73. The van der Waals surface area contributed by atoms with Crippen molar-refractivity contribution in [3.8, 4) is 22.3 Å². The van der Waals surface area contributed by atoms with Gasteiger partial charge in [0.2, 0.25) is 0 Å². The van der Waals surface area contributed by atoms with Crippen molar-refractivity contribution < 1.29 is 0 Å². The molecule has 0 aliphatic carbocycles. The third kappa shape index (κ3) is 5.34. The predicted molar refractivity (Wildman–Crippen MR) is 281 cm³/mol. The molecule has 11 aromatic carbocycles. The average Bonchev–Trinajstić information content (AvgIpc) is 4.04. The average molecular weight is 863 g/mol. The van der Waals surface area contributed by atoms with E-state index in [1.807, 2.05) is 22.7 Å². The fourth-order valence-electron chi connectivity index (χ4n) is 10.7. The van der Waals surface area contributed by atoms with Crippen molar-refractivity contribution >= 4 is 137 Å². The summed E-state index contributed by atoms with van der Waals surface area (Å²) in [6.07, 6.45) is 0. The number of nitrogens with zero attached hydrogens (tertiary/aromatic N) is 1. The van der Waals surface area contributed by atoms with Crippen LogP contribution >= 0.6 is 22.7 Å². The summed E-state index contributed by atoms with van der Waals surface area (Å²) in [7, 11) is -1.28. The summed E-state index contributed by atoms with van der Waals surface area (Å²) < 4.78 is 5.31. The zero-order valence-corrected chi connectivity index (χ0v) is 37.2. The molecule has 0 bridgehead atoms. The van der Waals surface area contributed by atoms with E-state index in [-0.39, 0.29) is 0 Å². The van der Waals surface area contributed by atoms with Gasteiger partial charge in [0.1, 0.15) is 0 Å². The highest BCUT2D eigenvalue weighted by atomic mass is 32.1. The Morgan fingerprint density at radius 3 is 1.73 bits per heavy atom. The molecule has 13 aromatic rings. The fraction of sp³-hybridized carbons (Fsp3) is 0.